The normalized spacial score (nSPS) is 24.1. The first kappa shape index (κ1) is 7.67. The first-order valence-electron chi connectivity index (χ1n) is 6.94. The molecule has 0 heterocycles. The van der Waals surface area contributed by atoms with Crippen LogP contribution in [0.25, 0.3) is 0 Å². The molecule has 0 spiro atoms. The van der Waals surface area contributed by atoms with Crippen molar-refractivity contribution in [2.24, 2.45) is 0 Å². The van der Waals surface area contributed by atoms with E-state index in [2.05, 4.69) is 19.1 Å². The lowest BCUT2D eigenvalue weighted by molar-refractivity contribution is 0.987. The van der Waals surface area contributed by atoms with Gasteiger partial charge in [-0.3, -0.25) is 0 Å². The molecule has 16 heavy (non-hydrogen) atoms. The van der Waals surface area contributed by atoms with Crippen molar-refractivity contribution < 1.29 is 2.74 Å². The lowest BCUT2D eigenvalue weighted by atomic mass is 9.85. The number of hydrogen-bond donors (Lipinski definition) is 0. The van der Waals surface area contributed by atoms with Crippen LogP contribution in [0.4, 0.5) is 0 Å². The van der Waals surface area contributed by atoms with E-state index in [-0.39, 0.29) is 12.8 Å². The van der Waals surface area contributed by atoms with E-state index in [1.807, 2.05) is 30.3 Å². The molecule has 0 aliphatic heterocycles. The van der Waals surface area contributed by atoms with Gasteiger partial charge in [0.25, 0.3) is 0 Å². The number of aryl methyl sites for hydroxylation is 1. The third kappa shape index (κ3) is 1.55. The fourth-order valence-electron chi connectivity index (χ4n) is 2.21. The molecule has 0 radical (unpaired) electrons. The van der Waals surface area contributed by atoms with Crippen LogP contribution in [0, 0.1) is 0 Å². The highest BCUT2D eigenvalue weighted by molar-refractivity contribution is 5.46. The van der Waals surface area contributed by atoms with Crippen molar-refractivity contribution in [1.82, 2.24) is 0 Å². The number of benzene rings is 2. The van der Waals surface area contributed by atoms with Gasteiger partial charge in [-0.25, -0.2) is 0 Å². The van der Waals surface area contributed by atoms with Crippen LogP contribution < -0.4 is 0 Å². The van der Waals surface area contributed by atoms with Gasteiger partial charge in [0.1, 0.15) is 0 Å². The molecule has 0 amide bonds. The Balaban J connectivity index is 2.20. The summed E-state index contributed by atoms with van der Waals surface area (Å²) in [6.07, 6.45) is 0.289. The van der Waals surface area contributed by atoms with Gasteiger partial charge in [-0.15, -0.1) is 0 Å². The van der Waals surface area contributed by atoms with Crippen LogP contribution in [0.5, 0.6) is 0 Å². The number of rotatable bonds is 1. The van der Waals surface area contributed by atoms with Crippen molar-refractivity contribution in [2.75, 3.05) is 0 Å². The highest BCUT2D eigenvalue weighted by atomic mass is 14.2. The monoisotopic (exact) mass is 210 g/mol. The highest BCUT2D eigenvalue weighted by Gasteiger charge is 2.14. The third-order valence-electron chi connectivity index (χ3n) is 3.18. The Bertz CT molecular complexity index is 589. The van der Waals surface area contributed by atoms with Crippen LogP contribution in [0.1, 0.15) is 37.5 Å². The molecule has 0 N–H and O–H groups in total. The minimum Gasteiger partial charge on any atom is -0.0620 e. The molecule has 0 saturated carbocycles. The zero-order valence-corrected chi connectivity index (χ0v) is 9.40. The predicted octanol–water partition coefficient (Wildman–Crippen LogP) is 3.74. The van der Waals surface area contributed by atoms with E-state index < -0.39 is 0 Å². The smallest absolute Gasteiger partial charge is 0.0366 e. The van der Waals surface area contributed by atoms with Crippen molar-refractivity contribution in [3.05, 3.63) is 70.3 Å². The number of fused-ring (bicyclic) bond motifs is 2. The summed E-state index contributed by atoms with van der Waals surface area (Å²) in [5.41, 5.74) is 5.21. The molecule has 2 aromatic rings. The molecule has 0 saturated heterocycles. The van der Waals surface area contributed by atoms with Gasteiger partial charge in [0.2, 0.25) is 0 Å². The molecule has 80 valence electrons. The minimum atomic E-state index is -0.344. The Morgan fingerprint density at radius 3 is 2.25 bits per heavy atom. The molecule has 2 atom stereocenters. The van der Waals surface area contributed by atoms with Crippen molar-refractivity contribution >= 4 is 0 Å². The molecule has 2 aromatic carbocycles. The Hall–Kier alpha value is -1.56. The second kappa shape index (κ2) is 3.79. The van der Waals surface area contributed by atoms with Crippen molar-refractivity contribution in [2.45, 2.75) is 26.1 Å². The zero-order valence-electron chi connectivity index (χ0n) is 11.4. The molecule has 0 aromatic heterocycles. The van der Waals surface area contributed by atoms with Gasteiger partial charge in [0, 0.05) is 2.74 Å². The lowest BCUT2D eigenvalue weighted by Crippen LogP contribution is -2.07. The second-order valence-corrected chi connectivity index (χ2v) is 4.23. The van der Waals surface area contributed by atoms with Crippen LogP contribution in [-0.2, 0) is 19.2 Å². The minimum absolute atomic E-state index is 0.343. The molecule has 0 bridgehead atoms. The van der Waals surface area contributed by atoms with E-state index in [0.717, 1.165) is 28.7 Å². The largest absolute Gasteiger partial charge is 0.0620 e. The van der Waals surface area contributed by atoms with E-state index >= 15 is 0 Å². The SMILES string of the molecule is [2H]C1c2ccccc2C([2H])c2cc(CC)ccc21. The summed E-state index contributed by atoms with van der Waals surface area (Å²) >= 11 is 0. The van der Waals surface area contributed by atoms with E-state index in [0.29, 0.717) is 0 Å². The quantitative estimate of drug-likeness (QED) is 0.672. The Labute approximate surface area is 99.8 Å². The fourth-order valence-corrected chi connectivity index (χ4v) is 2.21. The standard InChI is InChI=1S/C16H16/c1-2-12-7-8-15-10-13-5-3-4-6-14(13)11-16(15)9-12/h3-9H,2,10-11H2,1H3/i10D,11D. The van der Waals surface area contributed by atoms with E-state index in [4.69, 9.17) is 2.74 Å². The predicted molar refractivity (Wildman–Crippen MR) is 67.9 cm³/mol. The molecular formula is C16H16. The van der Waals surface area contributed by atoms with E-state index in [9.17, 15) is 0 Å². The van der Waals surface area contributed by atoms with Crippen LogP contribution in [0.3, 0.4) is 0 Å². The average Bonchev–Trinajstić information content (AvgIpc) is 2.44. The summed E-state index contributed by atoms with van der Waals surface area (Å²) in [5.74, 6) is 0. The molecule has 0 fully saturated rings. The van der Waals surface area contributed by atoms with E-state index in [1.165, 1.54) is 5.56 Å². The Morgan fingerprint density at radius 1 is 0.938 bits per heavy atom. The molecular weight excluding hydrogens is 192 g/mol. The topological polar surface area (TPSA) is 0 Å². The summed E-state index contributed by atoms with van der Waals surface area (Å²) in [7, 11) is 0. The van der Waals surface area contributed by atoms with Crippen LogP contribution in [0.2, 0.25) is 0 Å². The molecule has 1 aliphatic carbocycles. The maximum absolute atomic E-state index is 8.41. The highest BCUT2D eigenvalue weighted by Crippen LogP contribution is 2.27. The Kier molecular flexibility index (Phi) is 1.81. The summed E-state index contributed by atoms with van der Waals surface area (Å²) in [6.45, 7) is 2.12. The maximum Gasteiger partial charge on any atom is 0.0366 e. The van der Waals surface area contributed by atoms with Crippen molar-refractivity contribution in [1.29, 1.82) is 0 Å². The second-order valence-electron chi connectivity index (χ2n) is 4.23. The van der Waals surface area contributed by atoms with Gasteiger partial charge in [-0.2, -0.15) is 0 Å². The molecule has 0 heteroatoms. The molecule has 1 aliphatic rings. The molecule has 2 unspecified atom stereocenters. The van der Waals surface area contributed by atoms with Crippen LogP contribution in [0.15, 0.2) is 42.5 Å². The Morgan fingerprint density at radius 2 is 1.56 bits per heavy atom. The summed E-state index contributed by atoms with van der Waals surface area (Å²) in [6, 6.07) is 14.1. The molecule has 3 rings (SSSR count). The third-order valence-corrected chi connectivity index (χ3v) is 3.18. The van der Waals surface area contributed by atoms with Crippen LogP contribution >= 0.6 is 0 Å². The van der Waals surface area contributed by atoms with Gasteiger partial charge in [-0.05, 0) is 47.0 Å². The fraction of sp³-hybridized carbons (Fsp3) is 0.250. The first-order valence-corrected chi connectivity index (χ1v) is 5.78. The van der Waals surface area contributed by atoms with Gasteiger partial charge in [-0.1, -0.05) is 49.4 Å². The van der Waals surface area contributed by atoms with Gasteiger partial charge < -0.3 is 0 Å². The van der Waals surface area contributed by atoms with Crippen molar-refractivity contribution in [3.8, 4) is 0 Å². The van der Waals surface area contributed by atoms with Crippen LogP contribution in [-0.4, -0.2) is 0 Å². The zero-order chi connectivity index (χ0) is 12.7. The lowest BCUT2D eigenvalue weighted by Gasteiger charge is -2.20. The van der Waals surface area contributed by atoms with Gasteiger partial charge in [0.05, 0.1) is 0 Å². The maximum atomic E-state index is 8.41. The number of hydrogen-bond acceptors (Lipinski definition) is 0. The average molecular weight is 210 g/mol. The van der Waals surface area contributed by atoms with E-state index in [1.54, 1.807) is 0 Å². The van der Waals surface area contributed by atoms with Crippen molar-refractivity contribution in [3.63, 3.8) is 0 Å². The van der Waals surface area contributed by atoms with Gasteiger partial charge in [0.15, 0.2) is 0 Å². The summed E-state index contributed by atoms with van der Waals surface area (Å²) in [5, 5.41) is 0. The van der Waals surface area contributed by atoms with Gasteiger partial charge >= 0.3 is 0 Å². The molecule has 0 nitrogen and oxygen atoms in total. The summed E-state index contributed by atoms with van der Waals surface area (Å²) < 4.78 is 16.8. The first-order chi connectivity index (χ1) is 8.72. The summed E-state index contributed by atoms with van der Waals surface area (Å²) in [4.78, 5) is 0.